The molecule has 6 nitrogen and oxygen atoms in total. The number of ether oxygens (including phenoxy) is 1. The molecule has 1 aliphatic heterocycles. The van der Waals surface area contributed by atoms with Crippen molar-refractivity contribution in [2.24, 2.45) is 16.8 Å². The number of guanidine groups is 1. The van der Waals surface area contributed by atoms with Gasteiger partial charge in [-0.05, 0) is 55.2 Å². The molecule has 1 saturated heterocycles. The Labute approximate surface area is 168 Å². The third kappa shape index (κ3) is 6.43. The van der Waals surface area contributed by atoms with Crippen LogP contribution in [0.25, 0.3) is 0 Å². The third-order valence-corrected chi connectivity index (χ3v) is 5.31. The number of benzene rings is 1. The summed E-state index contributed by atoms with van der Waals surface area (Å²) in [6.45, 7) is 7.70. The van der Waals surface area contributed by atoms with E-state index in [1.54, 1.807) is 0 Å². The zero-order valence-electron chi connectivity index (χ0n) is 17.4. The third-order valence-electron chi connectivity index (χ3n) is 5.31. The van der Waals surface area contributed by atoms with Crippen molar-refractivity contribution in [1.82, 2.24) is 15.5 Å². The van der Waals surface area contributed by atoms with E-state index >= 15 is 0 Å². The first kappa shape index (κ1) is 20.5. The molecule has 1 aromatic carbocycles. The van der Waals surface area contributed by atoms with Gasteiger partial charge in [0.15, 0.2) is 12.6 Å². The highest BCUT2D eigenvalue weighted by atomic mass is 16.5. The molecule has 154 valence electrons. The van der Waals surface area contributed by atoms with Gasteiger partial charge in [-0.25, -0.2) is 0 Å². The van der Waals surface area contributed by atoms with Crippen molar-refractivity contribution in [3.05, 3.63) is 29.8 Å². The minimum absolute atomic E-state index is 0.0384. The number of piperidine rings is 1. The molecule has 1 amide bonds. The Morgan fingerprint density at radius 1 is 1.18 bits per heavy atom. The van der Waals surface area contributed by atoms with Gasteiger partial charge in [-0.3, -0.25) is 9.79 Å². The number of carbonyl (C=O) groups is 1. The molecular formula is C22H34N4O2. The number of carbonyl (C=O) groups excluding carboxylic acids is 1. The van der Waals surface area contributed by atoms with Gasteiger partial charge in [0, 0.05) is 32.7 Å². The van der Waals surface area contributed by atoms with Crippen LogP contribution in [0.3, 0.4) is 0 Å². The molecule has 1 heterocycles. The highest BCUT2D eigenvalue weighted by molar-refractivity contribution is 5.80. The molecular weight excluding hydrogens is 352 g/mol. The first-order valence-corrected chi connectivity index (χ1v) is 10.5. The van der Waals surface area contributed by atoms with Crippen molar-refractivity contribution in [2.75, 3.05) is 33.3 Å². The smallest absolute Gasteiger partial charge is 0.258 e. The van der Waals surface area contributed by atoms with E-state index in [9.17, 15) is 4.79 Å². The molecule has 1 aromatic rings. The number of amides is 1. The van der Waals surface area contributed by atoms with Crippen molar-refractivity contribution in [1.29, 1.82) is 0 Å². The number of likely N-dealkylation sites (tertiary alicyclic amines) is 1. The molecule has 2 unspecified atom stereocenters. The molecule has 2 N–H and O–H groups in total. The van der Waals surface area contributed by atoms with Crippen molar-refractivity contribution in [3.63, 3.8) is 0 Å². The highest BCUT2D eigenvalue weighted by Crippen LogP contribution is 2.21. The fraction of sp³-hybridized carbons (Fsp3) is 0.636. The van der Waals surface area contributed by atoms with Crippen LogP contribution < -0.4 is 15.4 Å². The molecule has 0 bridgehead atoms. The fourth-order valence-corrected chi connectivity index (χ4v) is 3.89. The van der Waals surface area contributed by atoms with Crippen LogP contribution >= 0.6 is 0 Å². The van der Waals surface area contributed by atoms with Crippen LogP contribution in [0.2, 0.25) is 0 Å². The van der Waals surface area contributed by atoms with Crippen molar-refractivity contribution in [2.45, 2.75) is 45.6 Å². The molecule has 1 saturated carbocycles. The maximum atomic E-state index is 11.7. The SMILES string of the molecule is CN=C(NCCc1ccc(OCC(=O)NC2CC2)cc1)N1CC(C)CC(C)C1. The molecule has 0 radical (unpaired) electrons. The second-order valence-corrected chi connectivity index (χ2v) is 8.35. The highest BCUT2D eigenvalue weighted by Gasteiger charge is 2.24. The lowest BCUT2D eigenvalue weighted by atomic mass is 9.92. The molecule has 3 rings (SSSR count). The number of rotatable bonds is 7. The number of nitrogens with one attached hydrogen (secondary N) is 2. The van der Waals surface area contributed by atoms with E-state index in [-0.39, 0.29) is 12.5 Å². The summed E-state index contributed by atoms with van der Waals surface area (Å²) in [7, 11) is 1.86. The van der Waals surface area contributed by atoms with E-state index in [1.165, 1.54) is 12.0 Å². The molecule has 2 atom stereocenters. The van der Waals surface area contributed by atoms with Crippen LogP contribution in [-0.2, 0) is 11.2 Å². The minimum atomic E-state index is -0.0384. The van der Waals surface area contributed by atoms with E-state index in [0.29, 0.717) is 17.9 Å². The lowest BCUT2D eigenvalue weighted by Crippen LogP contribution is -2.48. The standard InChI is InChI=1S/C22H34N4O2/c1-16-12-17(2)14-26(13-16)22(23-3)24-11-10-18-4-8-20(9-5-18)28-15-21(27)25-19-6-7-19/h4-5,8-9,16-17,19H,6-7,10-15H2,1-3H3,(H,23,24)(H,25,27). The zero-order valence-corrected chi connectivity index (χ0v) is 17.4. The van der Waals surface area contributed by atoms with Crippen LogP contribution in [-0.4, -0.2) is 56.1 Å². The van der Waals surface area contributed by atoms with Crippen molar-refractivity contribution in [3.8, 4) is 5.75 Å². The summed E-state index contributed by atoms with van der Waals surface area (Å²) in [5, 5.41) is 6.42. The lowest BCUT2D eigenvalue weighted by Gasteiger charge is -2.37. The van der Waals surface area contributed by atoms with Crippen molar-refractivity contribution < 1.29 is 9.53 Å². The summed E-state index contributed by atoms with van der Waals surface area (Å²) in [5.74, 6) is 3.11. The van der Waals surface area contributed by atoms with Gasteiger partial charge in [0.25, 0.3) is 5.91 Å². The predicted octanol–water partition coefficient (Wildman–Crippen LogP) is 2.44. The summed E-state index contributed by atoms with van der Waals surface area (Å²) in [5.41, 5.74) is 1.23. The Bertz CT molecular complexity index is 660. The van der Waals surface area contributed by atoms with Gasteiger partial charge < -0.3 is 20.3 Å². The van der Waals surface area contributed by atoms with Gasteiger partial charge in [0.2, 0.25) is 0 Å². The van der Waals surface area contributed by atoms with Crippen LogP contribution in [0.4, 0.5) is 0 Å². The number of hydrogen-bond acceptors (Lipinski definition) is 3. The maximum absolute atomic E-state index is 11.7. The van der Waals surface area contributed by atoms with Crippen LogP contribution in [0.5, 0.6) is 5.75 Å². The van der Waals surface area contributed by atoms with Crippen LogP contribution in [0.1, 0.15) is 38.7 Å². The Hall–Kier alpha value is -2.24. The predicted molar refractivity (Wildman–Crippen MR) is 113 cm³/mol. The van der Waals surface area contributed by atoms with E-state index in [0.717, 1.165) is 50.6 Å². The van der Waals surface area contributed by atoms with Gasteiger partial charge in [-0.1, -0.05) is 26.0 Å². The summed E-state index contributed by atoms with van der Waals surface area (Å²) in [4.78, 5) is 18.5. The van der Waals surface area contributed by atoms with Crippen LogP contribution in [0.15, 0.2) is 29.3 Å². The van der Waals surface area contributed by atoms with E-state index in [1.807, 2.05) is 19.2 Å². The molecule has 1 aliphatic carbocycles. The topological polar surface area (TPSA) is 66.0 Å². The Morgan fingerprint density at radius 3 is 2.46 bits per heavy atom. The molecule has 0 aromatic heterocycles. The van der Waals surface area contributed by atoms with E-state index < -0.39 is 0 Å². The number of aliphatic imine (C=N–C) groups is 1. The lowest BCUT2D eigenvalue weighted by molar-refractivity contribution is -0.123. The van der Waals surface area contributed by atoms with E-state index in [4.69, 9.17) is 4.74 Å². The maximum Gasteiger partial charge on any atom is 0.258 e. The van der Waals surface area contributed by atoms with Crippen molar-refractivity contribution >= 4 is 11.9 Å². The largest absolute Gasteiger partial charge is 0.484 e. The van der Waals surface area contributed by atoms with Gasteiger partial charge in [-0.2, -0.15) is 0 Å². The normalized spacial score (nSPS) is 22.7. The quantitative estimate of drug-likeness (QED) is 0.558. The fourth-order valence-electron chi connectivity index (χ4n) is 3.89. The molecule has 28 heavy (non-hydrogen) atoms. The second-order valence-electron chi connectivity index (χ2n) is 8.35. The molecule has 0 spiro atoms. The van der Waals surface area contributed by atoms with Gasteiger partial charge in [0.05, 0.1) is 0 Å². The average molecular weight is 387 g/mol. The summed E-state index contributed by atoms with van der Waals surface area (Å²) >= 11 is 0. The van der Waals surface area contributed by atoms with Gasteiger partial charge >= 0.3 is 0 Å². The molecule has 2 fully saturated rings. The Kier molecular flexibility index (Phi) is 7.18. The summed E-state index contributed by atoms with van der Waals surface area (Å²) in [6, 6.07) is 8.36. The molecule has 2 aliphatic rings. The van der Waals surface area contributed by atoms with Gasteiger partial charge in [-0.15, -0.1) is 0 Å². The second kappa shape index (κ2) is 9.80. The first-order valence-electron chi connectivity index (χ1n) is 10.5. The Morgan fingerprint density at radius 2 is 1.86 bits per heavy atom. The van der Waals surface area contributed by atoms with Crippen LogP contribution in [0, 0.1) is 11.8 Å². The Balaban J connectivity index is 1.39. The summed E-state index contributed by atoms with van der Waals surface area (Å²) < 4.78 is 5.56. The minimum Gasteiger partial charge on any atom is -0.484 e. The number of hydrogen-bond donors (Lipinski definition) is 2. The number of nitrogens with zero attached hydrogens (tertiary/aromatic N) is 2. The van der Waals surface area contributed by atoms with E-state index in [2.05, 4.69) is 46.5 Å². The zero-order chi connectivity index (χ0) is 19.9. The molecule has 6 heteroatoms. The summed E-state index contributed by atoms with van der Waals surface area (Å²) in [6.07, 6.45) is 4.40. The van der Waals surface area contributed by atoms with Gasteiger partial charge in [0.1, 0.15) is 5.75 Å². The first-order chi connectivity index (χ1) is 13.5. The monoisotopic (exact) mass is 386 g/mol. The average Bonchev–Trinajstić information content (AvgIpc) is 3.47.